The fourth-order valence-electron chi connectivity index (χ4n) is 9.25. The standard InChI is InChI=1S/C56H36N2O/c1-2-16-39-34-41(31-30-37(39)14-1)40-17-11-19-43(35-40)57(52-27-9-10-28-53(52)58-50-25-7-5-22-47(50)48-23-6-8-26-51(48)58)44-20-12-18-42(36-44)45-24-13-29-54-55(45)49-33-32-38-15-3-4-21-46(38)56(49)59-54/h1-36H. The SMILES string of the molecule is c1cc(-c2ccc3ccccc3c2)cc(N(c2cccc(-c3cccc4oc5c6ccccc6ccc5c34)c2)c2ccccc2-n2c3ccccc3c3ccccc32)c1. The molecule has 0 radical (unpaired) electrons. The van der Waals surface area contributed by atoms with Crippen molar-refractivity contribution in [1.82, 2.24) is 4.57 Å². The molecule has 3 nitrogen and oxygen atoms in total. The maximum Gasteiger partial charge on any atom is 0.143 e. The van der Waals surface area contributed by atoms with Crippen LogP contribution in [0.1, 0.15) is 0 Å². The van der Waals surface area contributed by atoms with Gasteiger partial charge in [0.1, 0.15) is 11.2 Å². The van der Waals surface area contributed by atoms with Gasteiger partial charge in [-0.15, -0.1) is 0 Å². The van der Waals surface area contributed by atoms with Gasteiger partial charge in [0, 0.05) is 38.3 Å². The summed E-state index contributed by atoms with van der Waals surface area (Å²) in [5, 5.41) is 9.48. The largest absolute Gasteiger partial charge is 0.455 e. The highest BCUT2D eigenvalue weighted by Crippen LogP contribution is 2.45. The lowest BCUT2D eigenvalue weighted by atomic mass is 9.97. The Hall–Kier alpha value is -7.88. The first-order valence-electron chi connectivity index (χ1n) is 20.2. The number of anilines is 3. The fourth-order valence-corrected chi connectivity index (χ4v) is 9.25. The van der Waals surface area contributed by atoms with Crippen molar-refractivity contribution >= 4 is 82.4 Å². The molecule has 0 aliphatic rings. The lowest BCUT2D eigenvalue weighted by Gasteiger charge is -2.29. The van der Waals surface area contributed by atoms with Gasteiger partial charge in [0.15, 0.2) is 0 Å². The zero-order valence-corrected chi connectivity index (χ0v) is 32.1. The Morgan fingerprint density at radius 2 is 0.966 bits per heavy atom. The third-order valence-electron chi connectivity index (χ3n) is 11.9. The minimum Gasteiger partial charge on any atom is -0.455 e. The second kappa shape index (κ2) is 13.4. The zero-order chi connectivity index (χ0) is 38.9. The molecule has 2 heterocycles. The van der Waals surface area contributed by atoms with Crippen LogP contribution in [0.5, 0.6) is 0 Å². The second-order valence-electron chi connectivity index (χ2n) is 15.3. The maximum absolute atomic E-state index is 6.64. The topological polar surface area (TPSA) is 21.3 Å². The number of aromatic nitrogens is 1. The van der Waals surface area contributed by atoms with Crippen molar-refractivity contribution in [3.63, 3.8) is 0 Å². The summed E-state index contributed by atoms with van der Waals surface area (Å²) < 4.78 is 9.06. The van der Waals surface area contributed by atoms with E-state index in [9.17, 15) is 0 Å². The predicted molar refractivity (Wildman–Crippen MR) is 249 cm³/mol. The van der Waals surface area contributed by atoms with E-state index in [1.807, 2.05) is 0 Å². The van der Waals surface area contributed by atoms with Gasteiger partial charge in [0.2, 0.25) is 0 Å². The van der Waals surface area contributed by atoms with Gasteiger partial charge in [0.25, 0.3) is 0 Å². The van der Waals surface area contributed by atoms with E-state index in [4.69, 9.17) is 4.42 Å². The number of hydrogen-bond acceptors (Lipinski definition) is 2. The average molecular weight is 753 g/mol. The van der Waals surface area contributed by atoms with E-state index in [1.165, 1.54) is 43.5 Å². The first kappa shape index (κ1) is 33.3. The van der Waals surface area contributed by atoms with E-state index in [0.29, 0.717) is 0 Å². The Morgan fingerprint density at radius 3 is 1.76 bits per heavy atom. The zero-order valence-electron chi connectivity index (χ0n) is 32.1. The first-order valence-corrected chi connectivity index (χ1v) is 20.2. The summed E-state index contributed by atoms with van der Waals surface area (Å²) in [7, 11) is 0. The molecule has 12 aromatic rings. The van der Waals surface area contributed by atoms with Crippen molar-refractivity contribution in [3.8, 4) is 27.9 Å². The summed E-state index contributed by atoms with van der Waals surface area (Å²) in [6.07, 6.45) is 0. The Bertz CT molecular complexity index is 3540. The molecule has 0 N–H and O–H groups in total. The van der Waals surface area contributed by atoms with Crippen LogP contribution in [0, 0.1) is 0 Å². The molecule has 0 aliphatic heterocycles. The van der Waals surface area contributed by atoms with E-state index in [0.717, 1.165) is 66.8 Å². The van der Waals surface area contributed by atoms with Crippen molar-refractivity contribution in [1.29, 1.82) is 0 Å². The average Bonchev–Trinajstić information content (AvgIpc) is 3.86. The quantitative estimate of drug-likeness (QED) is 0.169. The molecule has 59 heavy (non-hydrogen) atoms. The second-order valence-corrected chi connectivity index (χ2v) is 15.3. The molecule has 2 aromatic heterocycles. The molecule has 12 rings (SSSR count). The summed E-state index contributed by atoms with van der Waals surface area (Å²) in [5.74, 6) is 0. The van der Waals surface area contributed by atoms with Gasteiger partial charge in [-0.3, -0.25) is 0 Å². The highest BCUT2D eigenvalue weighted by atomic mass is 16.3. The van der Waals surface area contributed by atoms with Crippen LogP contribution in [0.2, 0.25) is 0 Å². The van der Waals surface area contributed by atoms with Crippen LogP contribution in [0.3, 0.4) is 0 Å². The predicted octanol–water partition coefficient (Wildman–Crippen LogP) is 15.8. The molecule has 0 atom stereocenters. The molecular weight excluding hydrogens is 717 g/mol. The number of furan rings is 1. The van der Waals surface area contributed by atoms with Gasteiger partial charge in [0.05, 0.1) is 22.4 Å². The normalized spacial score (nSPS) is 11.7. The molecule has 0 saturated carbocycles. The van der Waals surface area contributed by atoms with Gasteiger partial charge in [-0.05, 0) is 105 Å². The summed E-state index contributed by atoms with van der Waals surface area (Å²) in [4.78, 5) is 2.42. The molecule has 0 bridgehead atoms. The lowest BCUT2D eigenvalue weighted by molar-refractivity contribution is 0.673. The number of nitrogens with zero attached hydrogens (tertiary/aromatic N) is 2. The molecular formula is C56H36N2O. The van der Waals surface area contributed by atoms with Crippen molar-refractivity contribution in [2.75, 3.05) is 4.90 Å². The Balaban J connectivity index is 1.09. The van der Waals surface area contributed by atoms with Gasteiger partial charge in [-0.1, -0.05) is 152 Å². The molecule has 3 heteroatoms. The number of rotatable bonds is 6. The van der Waals surface area contributed by atoms with Crippen LogP contribution in [0.15, 0.2) is 223 Å². The van der Waals surface area contributed by atoms with E-state index in [1.54, 1.807) is 0 Å². The van der Waals surface area contributed by atoms with Crippen molar-refractivity contribution < 1.29 is 4.42 Å². The molecule has 10 aromatic carbocycles. The van der Waals surface area contributed by atoms with E-state index < -0.39 is 0 Å². The van der Waals surface area contributed by atoms with E-state index in [-0.39, 0.29) is 0 Å². The summed E-state index contributed by atoms with van der Waals surface area (Å²) in [6.45, 7) is 0. The number of fused-ring (bicyclic) bond motifs is 9. The third-order valence-corrected chi connectivity index (χ3v) is 11.9. The molecule has 0 amide bonds. The molecule has 276 valence electrons. The van der Waals surface area contributed by atoms with Gasteiger partial charge in [-0.25, -0.2) is 0 Å². The number of benzene rings is 10. The van der Waals surface area contributed by atoms with Crippen LogP contribution in [0.4, 0.5) is 17.1 Å². The van der Waals surface area contributed by atoms with E-state index in [2.05, 4.69) is 228 Å². The van der Waals surface area contributed by atoms with Gasteiger partial charge < -0.3 is 13.9 Å². The summed E-state index contributed by atoms with van der Waals surface area (Å²) >= 11 is 0. The van der Waals surface area contributed by atoms with Crippen LogP contribution in [0.25, 0.3) is 93.2 Å². The summed E-state index contributed by atoms with van der Waals surface area (Å²) in [5.41, 5.74) is 13.0. The van der Waals surface area contributed by atoms with Crippen LogP contribution < -0.4 is 4.90 Å². The van der Waals surface area contributed by atoms with Crippen LogP contribution in [-0.4, -0.2) is 4.57 Å². The van der Waals surface area contributed by atoms with E-state index >= 15 is 0 Å². The van der Waals surface area contributed by atoms with Crippen molar-refractivity contribution in [2.45, 2.75) is 0 Å². The van der Waals surface area contributed by atoms with Crippen molar-refractivity contribution in [3.05, 3.63) is 218 Å². The Kier molecular flexibility index (Phi) is 7.54. The lowest BCUT2D eigenvalue weighted by Crippen LogP contribution is -2.13. The van der Waals surface area contributed by atoms with Gasteiger partial charge >= 0.3 is 0 Å². The maximum atomic E-state index is 6.64. The highest BCUT2D eigenvalue weighted by molar-refractivity contribution is 6.19. The van der Waals surface area contributed by atoms with Crippen molar-refractivity contribution in [2.24, 2.45) is 0 Å². The smallest absolute Gasteiger partial charge is 0.143 e. The Labute approximate surface area is 341 Å². The summed E-state index contributed by atoms with van der Waals surface area (Å²) in [6, 6.07) is 78.8. The molecule has 0 spiro atoms. The molecule has 0 unspecified atom stereocenters. The van der Waals surface area contributed by atoms with Crippen LogP contribution >= 0.6 is 0 Å². The fraction of sp³-hybridized carbons (Fsp3) is 0. The highest BCUT2D eigenvalue weighted by Gasteiger charge is 2.22. The van der Waals surface area contributed by atoms with Crippen LogP contribution in [-0.2, 0) is 0 Å². The number of hydrogen-bond donors (Lipinski definition) is 0. The third kappa shape index (κ3) is 5.36. The molecule has 0 aliphatic carbocycles. The molecule has 0 saturated heterocycles. The molecule has 0 fully saturated rings. The Morgan fingerprint density at radius 1 is 0.373 bits per heavy atom. The number of para-hydroxylation sites is 4. The minimum absolute atomic E-state index is 0.885. The first-order chi connectivity index (χ1) is 29.3. The van der Waals surface area contributed by atoms with Gasteiger partial charge in [-0.2, -0.15) is 0 Å². The monoisotopic (exact) mass is 752 g/mol. The minimum atomic E-state index is 0.885.